The molecule has 0 spiro atoms. The fourth-order valence-corrected chi connectivity index (χ4v) is 8.30. The van der Waals surface area contributed by atoms with Gasteiger partial charge in [-0.3, -0.25) is 0 Å². The van der Waals surface area contributed by atoms with E-state index in [-0.39, 0.29) is 0 Å². The summed E-state index contributed by atoms with van der Waals surface area (Å²) < 4.78 is 0. The lowest BCUT2D eigenvalue weighted by molar-refractivity contribution is 0.538. The smallest absolute Gasteiger partial charge is 0.00897 e. The largest absolute Gasteiger partial charge is 0.103 e. The molecule has 0 aromatic heterocycles. The lowest BCUT2D eigenvalue weighted by atomic mass is 9.73. The van der Waals surface area contributed by atoms with E-state index in [1.807, 2.05) is 39.0 Å². The maximum atomic E-state index is 3.36. The number of benzene rings is 7. The Hall–Kier alpha value is -6.50. The third-order valence-corrected chi connectivity index (χ3v) is 11.7. The SMILES string of the molecule is C/C=C(/CCC1C=C(c2ccccc2C)C(C)=CC1c1ccccc1C)c1ccccc1.C=CC.CC.CCCc1cccc(-c2ccc(-c3ccccc3)cc2)c1.Cc1ccccc1. The van der Waals surface area contributed by atoms with Crippen molar-refractivity contribution in [1.29, 1.82) is 0 Å². The monoisotopic (exact) mass is 855 g/mol. The minimum atomic E-state index is 0.415. The number of rotatable bonds is 10. The van der Waals surface area contributed by atoms with Crippen LogP contribution in [0.2, 0.25) is 0 Å². The fourth-order valence-electron chi connectivity index (χ4n) is 8.30. The highest BCUT2D eigenvalue weighted by Gasteiger charge is 2.27. The molecule has 7 aromatic rings. The topological polar surface area (TPSA) is 0 Å². The molecule has 334 valence electrons. The maximum Gasteiger partial charge on any atom is 0.00897 e. The summed E-state index contributed by atoms with van der Waals surface area (Å²) in [5, 5.41) is 0. The van der Waals surface area contributed by atoms with Crippen LogP contribution in [0.3, 0.4) is 0 Å². The van der Waals surface area contributed by atoms with E-state index in [4.69, 9.17) is 0 Å². The quantitative estimate of drug-likeness (QED) is 0.120. The van der Waals surface area contributed by atoms with Gasteiger partial charge >= 0.3 is 0 Å². The summed E-state index contributed by atoms with van der Waals surface area (Å²) in [6.07, 6.45) is 13.7. The molecule has 7 aromatic carbocycles. The molecule has 2 atom stereocenters. The van der Waals surface area contributed by atoms with Crippen molar-refractivity contribution < 1.29 is 0 Å². The summed E-state index contributed by atoms with van der Waals surface area (Å²) in [5.41, 5.74) is 19.0. The molecule has 1 aliphatic carbocycles. The lowest BCUT2D eigenvalue weighted by Crippen LogP contribution is -2.16. The third kappa shape index (κ3) is 15.9. The Morgan fingerprint density at radius 2 is 1.05 bits per heavy atom. The average Bonchev–Trinajstić information content (AvgIpc) is 3.35. The van der Waals surface area contributed by atoms with Crippen LogP contribution < -0.4 is 0 Å². The van der Waals surface area contributed by atoms with Crippen LogP contribution in [0.1, 0.15) is 106 Å². The molecule has 0 heterocycles. The molecule has 0 fully saturated rings. The van der Waals surface area contributed by atoms with Gasteiger partial charge in [-0.1, -0.05) is 245 Å². The van der Waals surface area contributed by atoms with Gasteiger partial charge in [-0.25, -0.2) is 0 Å². The average molecular weight is 855 g/mol. The molecule has 2 unspecified atom stereocenters. The van der Waals surface area contributed by atoms with Gasteiger partial charge in [0.05, 0.1) is 0 Å². The second-order valence-corrected chi connectivity index (χ2v) is 16.5. The molecule has 0 radical (unpaired) electrons. The standard InChI is InChI=1S/C32H34.C21H20.C7H8.C3H6.C2H6/c1-5-26(27-15-7-6-8-16-27)19-20-28-22-31(29-17-11-9-13-23(29)2)25(4)21-32(28)30-18-12-10-14-24(30)3;1-2-7-17-8-6-11-21(16-17)20-14-12-19(13-15-20)18-9-4-3-5-10-18;1-7-5-3-2-4-6-7;1-3-2;1-2/h5-18,21-22,28,32H,19-20H2,1-4H3;3-6,8-16H,2,7H2,1H3;2-6H,1H3;3H,1H2,2H3;1-2H3/b26-5-;;;;. The Kier molecular flexibility index (Phi) is 22.3. The van der Waals surface area contributed by atoms with Crippen LogP contribution in [-0.4, -0.2) is 0 Å². The first-order valence-electron chi connectivity index (χ1n) is 23.8. The highest BCUT2D eigenvalue weighted by Crippen LogP contribution is 2.43. The van der Waals surface area contributed by atoms with Gasteiger partial charge in [0.1, 0.15) is 0 Å². The predicted octanol–water partition coefficient (Wildman–Crippen LogP) is 19.1. The highest BCUT2D eigenvalue weighted by atomic mass is 14.3. The van der Waals surface area contributed by atoms with Crippen LogP contribution in [0.4, 0.5) is 0 Å². The Bertz CT molecular complexity index is 2510. The summed E-state index contributed by atoms with van der Waals surface area (Å²) in [4.78, 5) is 0. The van der Waals surface area contributed by atoms with Gasteiger partial charge in [0.2, 0.25) is 0 Å². The minimum absolute atomic E-state index is 0.415. The van der Waals surface area contributed by atoms with Crippen LogP contribution >= 0.6 is 0 Å². The third-order valence-electron chi connectivity index (χ3n) is 11.7. The number of hydrogen-bond donors (Lipinski definition) is 0. The van der Waals surface area contributed by atoms with Crippen LogP contribution in [-0.2, 0) is 6.42 Å². The molecule has 0 aliphatic heterocycles. The number of hydrogen-bond acceptors (Lipinski definition) is 0. The van der Waals surface area contributed by atoms with Crippen LogP contribution in [0.15, 0.2) is 225 Å². The van der Waals surface area contributed by atoms with E-state index in [1.54, 1.807) is 6.08 Å². The van der Waals surface area contributed by atoms with Crippen molar-refractivity contribution in [3.05, 3.63) is 263 Å². The second-order valence-electron chi connectivity index (χ2n) is 16.5. The Morgan fingerprint density at radius 3 is 1.60 bits per heavy atom. The van der Waals surface area contributed by atoms with E-state index < -0.39 is 0 Å². The zero-order valence-corrected chi connectivity index (χ0v) is 40.9. The first kappa shape index (κ1) is 51.1. The zero-order chi connectivity index (χ0) is 46.8. The van der Waals surface area contributed by atoms with Gasteiger partial charge < -0.3 is 0 Å². The second kappa shape index (κ2) is 28.3. The van der Waals surface area contributed by atoms with Gasteiger partial charge in [0.15, 0.2) is 0 Å². The molecule has 65 heavy (non-hydrogen) atoms. The first-order chi connectivity index (χ1) is 31.8. The van der Waals surface area contributed by atoms with Crippen LogP contribution in [0, 0.1) is 26.7 Å². The first-order valence-corrected chi connectivity index (χ1v) is 23.8. The molecule has 0 amide bonds. The van der Waals surface area contributed by atoms with Crippen molar-refractivity contribution in [1.82, 2.24) is 0 Å². The molecular formula is C65H74. The molecular weight excluding hydrogens is 781 g/mol. The highest BCUT2D eigenvalue weighted by molar-refractivity contribution is 5.82. The van der Waals surface area contributed by atoms with Gasteiger partial charge in [-0.2, -0.15) is 0 Å². The maximum absolute atomic E-state index is 3.36. The van der Waals surface area contributed by atoms with Gasteiger partial charge in [-0.15, -0.1) is 6.58 Å². The van der Waals surface area contributed by atoms with E-state index in [0.29, 0.717) is 11.8 Å². The van der Waals surface area contributed by atoms with Crippen molar-refractivity contribution in [3.63, 3.8) is 0 Å². The molecule has 0 bridgehead atoms. The molecule has 0 nitrogen and oxygen atoms in total. The predicted molar refractivity (Wildman–Crippen MR) is 289 cm³/mol. The van der Waals surface area contributed by atoms with Crippen LogP contribution in [0.25, 0.3) is 33.4 Å². The number of allylic oxidation sites excluding steroid dienone is 7. The molecule has 1 aliphatic rings. The Morgan fingerprint density at radius 1 is 0.538 bits per heavy atom. The normalized spacial score (nSPS) is 13.9. The van der Waals surface area contributed by atoms with E-state index in [9.17, 15) is 0 Å². The molecule has 8 rings (SSSR count). The molecule has 0 heteroatoms. The van der Waals surface area contributed by atoms with Gasteiger partial charge in [0.25, 0.3) is 0 Å². The molecule has 0 N–H and O–H groups in total. The van der Waals surface area contributed by atoms with Crippen molar-refractivity contribution in [3.8, 4) is 22.3 Å². The van der Waals surface area contributed by atoms with E-state index in [0.717, 1.165) is 19.3 Å². The van der Waals surface area contributed by atoms with Gasteiger partial charge in [0, 0.05) is 5.92 Å². The molecule has 0 saturated carbocycles. The number of aryl methyl sites for hydroxylation is 4. The van der Waals surface area contributed by atoms with Gasteiger partial charge in [-0.05, 0) is 139 Å². The van der Waals surface area contributed by atoms with E-state index >= 15 is 0 Å². The minimum Gasteiger partial charge on any atom is -0.103 e. The van der Waals surface area contributed by atoms with Crippen molar-refractivity contribution in [2.75, 3.05) is 0 Å². The lowest BCUT2D eigenvalue weighted by Gasteiger charge is -2.31. The summed E-state index contributed by atoms with van der Waals surface area (Å²) in [7, 11) is 0. The summed E-state index contributed by atoms with van der Waals surface area (Å²) >= 11 is 0. The Balaban J connectivity index is 0.000000238. The summed E-state index contributed by atoms with van der Waals surface area (Å²) in [6.45, 7) is 22.5. The van der Waals surface area contributed by atoms with Crippen molar-refractivity contribution in [2.45, 2.75) is 93.9 Å². The summed E-state index contributed by atoms with van der Waals surface area (Å²) in [5.74, 6) is 0.880. The van der Waals surface area contributed by atoms with Crippen molar-refractivity contribution >= 4 is 11.1 Å². The fraction of sp³-hybridized carbons (Fsp3) is 0.231. The van der Waals surface area contributed by atoms with E-state index in [1.165, 1.54) is 84.3 Å². The zero-order valence-electron chi connectivity index (χ0n) is 40.9. The van der Waals surface area contributed by atoms with Crippen molar-refractivity contribution in [2.24, 2.45) is 5.92 Å². The van der Waals surface area contributed by atoms with E-state index in [2.05, 4.69) is 236 Å². The molecule has 0 saturated heterocycles. The Labute approximate surface area is 394 Å². The van der Waals surface area contributed by atoms with Crippen LogP contribution in [0.5, 0.6) is 0 Å². The summed E-state index contributed by atoms with van der Waals surface area (Å²) in [6, 6.07) is 67.0.